The van der Waals surface area contributed by atoms with E-state index < -0.39 is 0 Å². The van der Waals surface area contributed by atoms with E-state index >= 15 is 0 Å². The van der Waals surface area contributed by atoms with Crippen LogP contribution in [0.2, 0.25) is 0 Å². The van der Waals surface area contributed by atoms with Crippen LogP contribution in [-0.2, 0) is 9.59 Å². The van der Waals surface area contributed by atoms with E-state index in [0.717, 1.165) is 33.9 Å². The Morgan fingerprint density at radius 2 is 1.59 bits per heavy atom. The first kappa shape index (κ1) is 22.3. The third kappa shape index (κ3) is 6.82. The summed E-state index contributed by atoms with van der Waals surface area (Å²) < 4.78 is 10.7. The summed E-state index contributed by atoms with van der Waals surface area (Å²) in [5.41, 5.74) is 4.00. The number of methoxy groups -OCH3 is 1. The molecule has 0 atom stereocenters. The largest absolute Gasteiger partial charge is 0.497 e. The SMILES string of the molecule is COc1ccc(OCCCC(=O)N(C)CC(=O)Nc2c(C)cc(C)cc2C)cc1. The molecule has 0 aliphatic rings. The molecule has 0 radical (unpaired) electrons. The van der Waals surface area contributed by atoms with E-state index in [2.05, 4.69) is 5.32 Å². The van der Waals surface area contributed by atoms with Gasteiger partial charge in [-0.25, -0.2) is 0 Å². The first-order chi connectivity index (χ1) is 13.8. The summed E-state index contributed by atoms with van der Waals surface area (Å²) >= 11 is 0. The van der Waals surface area contributed by atoms with E-state index in [4.69, 9.17) is 9.47 Å². The minimum Gasteiger partial charge on any atom is -0.497 e. The van der Waals surface area contributed by atoms with Crippen LogP contribution < -0.4 is 14.8 Å². The van der Waals surface area contributed by atoms with Gasteiger partial charge in [0.25, 0.3) is 0 Å². The number of carbonyl (C=O) groups is 2. The number of hydrogen-bond donors (Lipinski definition) is 1. The summed E-state index contributed by atoms with van der Waals surface area (Å²) in [5, 5.41) is 2.92. The number of amides is 2. The highest BCUT2D eigenvalue weighted by Gasteiger charge is 2.14. The summed E-state index contributed by atoms with van der Waals surface area (Å²) in [4.78, 5) is 26.1. The second-order valence-electron chi connectivity index (χ2n) is 7.20. The van der Waals surface area contributed by atoms with Gasteiger partial charge < -0.3 is 19.7 Å². The van der Waals surface area contributed by atoms with Crippen molar-refractivity contribution in [1.82, 2.24) is 4.90 Å². The minimum atomic E-state index is -0.203. The Balaban J connectivity index is 1.74. The smallest absolute Gasteiger partial charge is 0.243 e. The number of ether oxygens (including phenoxy) is 2. The molecule has 2 aromatic rings. The summed E-state index contributed by atoms with van der Waals surface area (Å²) in [6.07, 6.45) is 0.898. The van der Waals surface area contributed by atoms with Crippen molar-refractivity contribution < 1.29 is 19.1 Å². The number of nitrogens with one attached hydrogen (secondary N) is 1. The van der Waals surface area contributed by atoms with E-state index in [-0.39, 0.29) is 18.4 Å². The molecule has 1 N–H and O–H groups in total. The Morgan fingerprint density at radius 3 is 2.17 bits per heavy atom. The summed E-state index contributed by atoms with van der Waals surface area (Å²) in [6, 6.07) is 11.4. The molecule has 6 heteroatoms. The van der Waals surface area contributed by atoms with Gasteiger partial charge >= 0.3 is 0 Å². The lowest BCUT2D eigenvalue weighted by Crippen LogP contribution is -2.35. The average molecular weight is 399 g/mol. The van der Waals surface area contributed by atoms with Gasteiger partial charge in [0.15, 0.2) is 0 Å². The highest BCUT2D eigenvalue weighted by Crippen LogP contribution is 2.22. The second kappa shape index (κ2) is 10.5. The molecule has 0 aliphatic carbocycles. The molecule has 0 saturated carbocycles. The zero-order valence-corrected chi connectivity index (χ0v) is 17.9. The van der Waals surface area contributed by atoms with E-state index in [9.17, 15) is 9.59 Å². The van der Waals surface area contributed by atoms with E-state index in [1.165, 1.54) is 4.90 Å². The van der Waals surface area contributed by atoms with Gasteiger partial charge in [0, 0.05) is 19.2 Å². The maximum absolute atomic E-state index is 12.3. The van der Waals surface area contributed by atoms with Crippen molar-refractivity contribution in [3.05, 3.63) is 53.1 Å². The Bertz CT molecular complexity index is 823. The number of anilines is 1. The number of aryl methyl sites for hydroxylation is 3. The van der Waals surface area contributed by atoms with Gasteiger partial charge in [-0.15, -0.1) is 0 Å². The molecule has 2 aromatic carbocycles. The van der Waals surface area contributed by atoms with Crippen LogP contribution in [0.1, 0.15) is 29.5 Å². The fourth-order valence-corrected chi connectivity index (χ4v) is 3.14. The Morgan fingerprint density at radius 1 is 1.00 bits per heavy atom. The number of rotatable bonds is 9. The molecular weight excluding hydrogens is 368 g/mol. The van der Waals surface area contributed by atoms with E-state index in [0.29, 0.717) is 19.4 Å². The molecule has 156 valence electrons. The lowest BCUT2D eigenvalue weighted by Gasteiger charge is -2.18. The molecule has 0 saturated heterocycles. The third-order valence-corrected chi connectivity index (χ3v) is 4.61. The third-order valence-electron chi connectivity index (χ3n) is 4.61. The van der Waals surface area contributed by atoms with Crippen LogP contribution in [0.3, 0.4) is 0 Å². The average Bonchev–Trinajstić information content (AvgIpc) is 2.68. The predicted octanol–water partition coefficient (Wildman–Crippen LogP) is 3.88. The standard InChI is InChI=1S/C23H30N2O4/c1-16-13-17(2)23(18(3)14-16)24-21(26)15-25(4)22(27)7-6-12-29-20-10-8-19(28-5)9-11-20/h8-11,13-14H,6-7,12,15H2,1-5H3,(H,24,26). The van der Waals surface area contributed by atoms with Crippen molar-refractivity contribution >= 4 is 17.5 Å². The highest BCUT2D eigenvalue weighted by atomic mass is 16.5. The Kier molecular flexibility index (Phi) is 8.07. The molecule has 0 bridgehead atoms. The topological polar surface area (TPSA) is 67.9 Å². The van der Waals surface area contributed by atoms with Crippen molar-refractivity contribution in [1.29, 1.82) is 0 Å². The molecule has 0 fully saturated rings. The maximum Gasteiger partial charge on any atom is 0.243 e. The number of hydrogen-bond acceptors (Lipinski definition) is 4. The first-order valence-electron chi connectivity index (χ1n) is 9.68. The fourth-order valence-electron chi connectivity index (χ4n) is 3.14. The Hall–Kier alpha value is -3.02. The zero-order chi connectivity index (χ0) is 21.4. The van der Waals surface area contributed by atoms with Gasteiger partial charge in [0.1, 0.15) is 11.5 Å². The maximum atomic E-state index is 12.3. The molecule has 29 heavy (non-hydrogen) atoms. The molecule has 2 rings (SSSR count). The predicted molar refractivity (Wildman–Crippen MR) is 115 cm³/mol. The van der Waals surface area contributed by atoms with Crippen LogP contribution in [0.15, 0.2) is 36.4 Å². The molecule has 0 spiro atoms. The lowest BCUT2D eigenvalue weighted by molar-refractivity contribution is -0.133. The van der Waals surface area contributed by atoms with Crippen LogP contribution in [-0.4, -0.2) is 44.0 Å². The van der Waals surface area contributed by atoms with Gasteiger partial charge in [0.05, 0.1) is 20.3 Å². The summed E-state index contributed by atoms with van der Waals surface area (Å²) in [5.74, 6) is 1.21. The van der Waals surface area contributed by atoms with Crippen LogP contribution in [0.25, 0.3) is 0 Å². The van der Waals surface area contributed by atoms with Crippen molar-refractivity contribution in [2.45, 2.75) is 33.6 Å². The second-order valence-corrected chi connectivity index (χ2v) is 7.20. The highest BCUT2D eigenvalue weighted by molar-refractivity contribution is 5.95. The van der Waals surface area contributed by atoms with Crippen molar-refractivity contribution in [3.63, 3.8) is 0 Å². The zero-order valence-electron chi connectivity index (χ0n) is 17.9. The fraction of sp³-hybridized carbons (Fsp3) is 0.391. The van der Waals surface area contributed by atoms with Crippen molar-refractivity contribution in [2.75, 3.05) is 32.6 Å². The normalized spacial score (nSPS) is 10.4. The minimum absolute atomic E-state index is 0.0188. The first-order valence-corrected chi connectivity index (χ1v) is 9.68. The lowest BCUT2D eigenvalue weighted by atomic mass is 10.1. The quantitative estimate of drug-likeness (QED) is 0.651. The molecular formula is C23H30N2O4. The molecule has 6 nitrogen and oxygen atoms in total. The van der Waals surface area contributed by atoms with Crippen LogP contribution >= 0.6 is 0 Å². The van der Waals surface area contributed by atoms with Crippen molar-refractivity contribution in [2.24, 2.45) is 0 Å². The molecule has 0 heterocycles. The molecule has 2 amide bonds. The Labute approximate surface area is 172 Å². The van der Waals surface area contributed by atoms with Gasteiger partial charge in [0.2, 0.25) is 11.8 Å². The van der Waals surface area contributed by atoms with Gasteiger partial charge in [-0.2, -0.15) is 0 Å². The van der Waals surface area contributed by atoms with Crippen LogP contribution in [0.5, 0.6) is 11.5 Å². The van der Waals surface area contributed by atoms with E-state index in [1.807, 2.05) is 57.2 Å². The van der Waals surface area contributed by atoms with Crippen molar-refractivity contribution in [3.8, 4) is 11.5 Å². The van der Waals surface area contributed by atoms with E-state index in [1.54, 1.807) is 14.2 Å². The van der Waals surface area contributed by atoms with Crippen LogP contribution in [0.4, 0.5) is 5.69 Å². The molecule has 0 aromatic heterocycles. The number of likely N-dealkylation sites (N-methyl/N-ethyl adjacent to an activating group) is 1. The molecule has 0 unspecified atom stereocenters. The van der Waals surface area contributed by atoms with Gasteiger partial charge in [-0.1, -0.05) is 17.7 Å². The monoisotopic (exact) mass is 398 g/mol. The summed E-state index contributed by atoms with van der Waals surface area (Å²) in [6.45, 7) is 6.40. The van der Waals surface area contributed by atoms with Crippen LogP contribution in [0, 0.1) is 20.8 Å². The van der Waals surface area contributed by atoms with Gasteiger partial charge in [-0.3, -0.25) is 9.59 Å². The number of benzene rings is 2. The number of nitrogens with zero attached hydrogens (tertiary/aromatic N) is 1. The number of carbonyl (C=O) groups excluding carboxylic acids is 2. The summed E-state index contributed by atoms with van der Waals surface area (Å²) in [7, 11) is 3.25. The van der Waals surface area contributed by atoms with Gasteiger partial charge in [-0.05, 0) is 62.6 Å². The molecule has 0 aliphatic heterocycles.